The van der Waals surface area contributed by atoms with Crippen molar-refractivity contribution in [2.75, 3.05) is 30.9 Å². The lowest BCUT2D eigenvalue weighted by Gasteiger charge is -2.19. The number of nitrogens with zero attached hydrogens (tertiary/aromatic N) is 2. The molecule has 0 aromatic carbocycles. The Balaban J connectivity index is 3.14. The van der Waals surface area contributed by atoms with E-state index in [1.165, 1.54) is 0 Å². The maximum atomic E-state index is 12.7. The van der Waals surface area contributed by atoms with E-state index in [0.29, 0.717) is 12.4 Å². The number of hydrogen-bond donors (Lipinski definition) is 1. The van der Waals surface area contributed by atoms with Crippen LogP contribution in [0.15, 0.2) is 12.1 Å². The van der Waals surface area contributed by atoms with E-state index in [0.717, 1.165) is 18.6 Å². The van der Waals surface area contributed by atoms with Crippen LogP contribution in [0.25, 0.3) is 0 Å². The molecule has 1 N–H and O–H groups in total. The summed E-state index contributed by atoms with van der Waals surface area (Å²) in [6, 6.07) is 2.07. The molecule has 0 aliphatic rings. The van der Waals surface area contributed by atoms with Crippen LogP contribution in [0, 0.1) is 0 Å². The first kappa shape index (κ1) is 13.6. The van der Waals surface area contributed by atoms with Gasteiger partial charge in [0, 0.05) is 20.6 Å². The van der Waals surface area contributed by atoms with Crippen LogP contribution in [-0.2, 0) is 6.18 Å². The summed E-state index contributed by atoms with van der Waals surface area (Å²) in [4.78, 5) is 5.80. The summed E-state index contributed by atoms with van der Waals surface area (Å²) in [5.41, 5.74) is -0.685. The minimum absolute atomic E-state index is 0.220. The standard InChI is InChI=1S/C11H16F3N3/c1-4-5-17(3)10-7-8(11(12,13)14)6-9(15-2)16-10/h6-7H,4-5H2,1-3H3,(H,15,16). The highest BCUT2D eigenvalue weighted by atomic mass is 19.4. The first-order chi connectivity index (χ1) is 7.88. The quantitative estimate of drug-likeness (QED) is 0.886. The third kappa shape index (κ3) is 3.51. The number of rotatable bonds is 4. The van der Waals surface area contributed by atoms with Gasteiger partial charge in [0.2, 0.25) is 0 Å². The predicted octanol–water partition coefficient (Wildman–Crippen LogP) is 2.99. The molecule has 1 aromatic heterocycles. The molecule has 0 spiro atoms. The molecule has 0 atom stereocenters. The van der Waals surface area contributed by atoms with Crippen molar-refractivity contribution in [2.24, 2.45) is 0 Å². The summed E-state index contributed by atoms with van der Waals surface area (Å²) in [5.74, 6) is 0.545. The van der Waals surface area contributed by atoms with Gasteiger partial charge in [0.05, 0.1) is 5.56 Å². The summed E-state index contributed by atoms with van der Waals surface area (Å²) in [7, 11) is 3.28. The van der Waals surface area contributed by atoms with E-state index in [-0.39, 0.29) is 5.82 Å². The van der Waals surface area contributed by atoms with Crippen molar-refractivity contribution in [3.63, 3.8) is 0 Å². The molecule has 0 bridgehead atoms. The number of alkyl halides is 3. The zero-order valence-corrected chi connectivity index (χ0v) is 10.1. The highest BCUT2D eigenvalue weighted by Gasteiger charge is 2.31. The van der Waals surface area contributed by atoms with Crippen molar-refractivity contribution < 1.29 is 13.2 Å². The summed E-state index contributed by atoms with van der Waals surface area (Å²) in [6.07, 6.45) is -3.50. The van der Waals surface area contributed by atoms with Crippen LogP contribution in [0.4, 0.5) is 24.8 Å². The molecule has 0 radical (unpaired) electrons. The molecule has 1 rings (SSSR count). The topological polar surface area (TPSA) is 28.2 Å². The summed E-state index contributed by atoms with van der Waals surface area (Å²) in [6.45, 7) is 2.63. The Hall–Kier alpha value is -1.46. The summed E-state index contributed by atoms with van der Waals surface area (Å²) in [5, 5.41) is 2.64. The van der Waals surface area contributed by atoms with Crippen molar-refractivity contribution >= 4 is 11.6 Å². The minimum Gasteiger partial charge on any atom is -0.373 e. The van der Waals surface area contributed by atoms with Crippen LogP contribution >= 0.6 is 0 Å². The van der Waals surface area contributed by atoms with Crippen LogP contribution in [-0.4, -0.2) is 25.6 Å². The Bertz CT molecular complexity index is 377. The smallest absolute Gasteiger partial charge is 0.373 e. The summed E-state index contributed by atoms with van der Waals surface area (Å²) >= 11 is 0. The van der Waals surface area contributed by atoms with Crippen LogP contribution < -0.4 is 10.2 Å². The van der Waals surface area contributed by atoms with Crippen molar-refractivity contribution in [2.45, 2.75) is 19.5 Å². The van der Waals surface area contributed by atoms with Gasteiger partial charge in [0.1, 0.15) is 11.6 Å². The normalized spacial score (nSPS) is 11.4. The number of pyridine rings is 1. The SMILES string of the molecule is CCCN(C)c1cc(C(F)(F)F)cc(NC)n1. The second-order valence-electron chi connectivity index (χ2n) is 3.77. The molecule has 0 saturated carbocycles. The zero-order chi connectivity index (χ0) is 13.1. The fraction of sp³-hybridized carbons (Fsp3) is 0.545. The average molecular weight is 247 g/mol. The Kier molecular flexibility index (Phi) is 4.20. The van der Waals surface area contributed by atoms with Crippen molar-refractivity contribution in [3.8, 4) is 0 Å². The molecule has 0 amide bonds. The number of nitrogens with one attached hydrogen (secondary N) is 1. The molecular formula is C11H16F3N3. The molecule has 3 nitrogen and oxygen atoms in total. The lowest BCUT2D eigenvalue weighted by molar-refractivity contribution is -0.137. The van der Waals surface area contributed by atoms with E-state index in [9.17, 15) is 13.2 Å². The molecule has 17 heavy (non-hydrogen) atoms. The van der Waals surface area contributed by atoms with Gasteiger partial charge >= 0.3 is 6.18 Å². The lowest BCUT2D eigenvalue weighted by atomic mass is 10.2. The maximum Gasteiger partial charge on any atom is 0.416 e. The van der Waals surface area contributed by atoms with Gasteiger partial charge in [-0.15, -0.1) is 0 Å². The molecule has 0 aliphatic heterocycles. The van der Waals surface area contributed by atoms with E-state index >= 15 is 0 Å². The predicted molar refractivity (Wildman–Crippen MR) is 62.3 cm³/mol. The van der Waals surface area contributed by atoms with Gasteiger partial charge in [0.15, 0.2) is 0 Å². The van der Waals surface area contributed by atoms with E-state index < -0.39 is 11.7 Å². The Labute approximate surface area is 98.6 Å². The molecule has 96 valence electrons. The third-order valence-electron chi connectivity index (χ3n) is 2.35. The number of aromatic nitrogens is 1. The first-order valence-corrected chi connectivity index (χ1v) is 5.36. The highest BCUT2D eigenvalue weighted by Crippen LogP contribution is 2.32. The summed E-state index contributed by atoms with van der Waals surface area (Å²) < 4.78 is 38.0. The minimum atomic E-state index is -4.35. The zero-order valence-electron chi connectivity index (χ0n) is 10.1. The Morgan fingerprint density at radius 1 is 1.35 bits per heavy atom. The lowest BCUT2D eigenvalue weighted by Crippen LogP contribution is -2.20. The van der Waals surface area contributed by atoms with Crippen LogP contribution in [0.2, 0.25) is 0 Å². The highest BCUT2D eigenvalue weighted by molar-refractivity contribution is 5.50. The van der Waals surface area contributed by atoms with Gasteiger partial charge in [-0.3, -0.25) is 0 Å². The van der Waals surface area contributed by atoms with E-state index in [4.69, 9.17) is 0 Å². The van der Waals surface area contributed by atoms with Crippen LogP contribution in [0.5, 0.6) is 0 Å². The van der Waals surface area contributed by atoms with Gasteiger partial charge in [0.25, 0.3) is 0 Å². The van der Waals surface area contributed by atoms with E-state index in [1.807, 2.05) is 6.92 Å². The first-order valence-electron chi connectivity index (χ1n) is 5.36. The third-order valence-corrected chi connectivity index (χ3v) is 2.35. The molecular weight excluding hydrogens is 231 g/mol. The Morgan fingerprint density at radius 2 is 2.00 bits per heavy atom. The van der Waals surface area contributed by atoms with Crippen LogP contribution in [0.3, 0.4) is 0 Å². The largest absolute Gasteiger partial charge is 0.416 e. The van der Waals surface area contributed by atoms with Crippen molar-refractivity contribution in [3.05, 3.63) is 17.7 Å². The van der Waals surface area contributed by atoms with Crippen LogP contribution in [0.1, 0.15) is 18.9 Å². The van der Waals surface area contributed by atoms with Gasteiger partial charge in [-0.05, 0) is 18.6 Å². The number of halogens is 3. The molecule has 1 heterocycles. The molecule has 0 unspecified atom stereocenters. The monoisotopic (exact) mass is 247 g/mol. The molecule has 0 saturated heterocycles. The van der Waals surface area contributed by atoms with Gasteiger partial charge in [-0.25, -0.2) is 4.98 Å². The molecule has 0 fully saturated rings. The fourth-order valence-electron chi connectivity index (χ4n) is 1.45. The number of hydrogen-bond acceptors (Lipinski definition) is 3. The second-order valence-corrected chi connectivity index (χ2v) is 3.77. The maximum absolute atomic E-state index is 12.7. The van der Waals surface area contributed by atoms with Gasteiger partial charge in [-0.1, -0.05) is 6.92 Å². The second kappa shape index (κ2) is 5.25. The van der Waals surface area contributed by atoms with Gasteiger partial charge < -0.3 is 10.2 Å². The van der Waals surface area contributed by atoms with Gasteiger partial charge in [-0.2, -0.15) is 13.2 Å². The number of anilines is 2. The fourth-order valence-corrected chi connectivity index (χ4v) is 1.45. The Morgan fingerprint density at radius 3 is 2.47 bits per heavy atom. The van der Waals surface area contributed by atoms with Crippen molar-refractivity contribution in [1.29, 1.82) is 0 Å². The van der Waals surface area contributed by atoms with E-state index in [1.54, 1.807) is 19.0 Å². The van der Waals surface area contributed by atoms with E-state index in [2.05, 4.69) is 10.3 Å². The molecule has 1 aromatic rings. The average Bonchev–Trinajstić information content (AvgIpc) is 2.27. The molecule has 6 heteroatoms. The molecule has 0 aliphatic carbocycles. The van der Waals surface area contributed by atoms with Crippen molar-refractivity contribution in [1.82, 2.24) is 4.98 Å².